The summed E-state index contributed by atoms with van der Waals surface area (Å²) in [4.78, 5) is 32.6. The fourth-order valence-corrected chi connectivity index (χ4v) is 3.13. The van der Waals surface area contributed by atoms with Crippen LogP contribution >= 0.6 is 6.72 Å². The summed E-state index contributed by atoms with van der Waals surface area (Å²) in [6.45, 7) is -3.98. The zero-order chi connectivity index (χ0) is 17.5. The standard InChI is InChI=1S/C12H17FN5O4PS/c1-17(2)10-9-11(15-5-14-10)18(6-16-9)12-8(13)3-7(22-12)4-21-23(19,20)24/h5-8,12H,3-4H2,1-2H3,(H2,19,20,24)/t7-,8-,12-/m0/s1. The smallest absolute Gasteiger partial charge is 0.321 e. The first-order chi connectivity index (χ1) is 11.3. The first-order valence-corrected chi connectivity index (χ1v) is 9.73. The van der Waals surface area contributed by atoms with E-state index in [0.717, 1.165) is 0 Å². The highest BCUT2D eigenvalue weighted by Crippen LogP contribution is 2.39. The number of imidazole rings is 1. The summed E-state index contributed by atoms with van der Waals surface area (Å²) in [5, 5.41) is 0. The fourth-order valence-electron chi connectivity index (χ4n) is 2.59. The average Bonchev–Trinajstić information content (AvgIpc) is 3.07. The molecule has 0 aromatic carbocycles. The third-order valence-electron chi connectivity index (χ3n) is 3.60. The molecule has 2 aromatic heterocycles. The van der Waals surface area contributed by atoms with Gasteiger partial charge < -0.3 is 23.9 Å². The van der Waals surface area contributed by atoms with Crippen molar-refractivity contribution in [3.05, 3.63) is 12.7 Å². The Kier molecular flexibility index (Phi) is 4.82. The molecule has 0 unspecified atom stereocenters. The number of nitrogens with zero attached hydrogens (tertiary/aromatic N) is 5. The minimum absolute atomic E-state index is 0.0469. The van der Waals surface area contributed by atoms with Crippen LogP contribution in [0.1, 0.15) is 12.6 Å². The van der Waals surface area contributed by atoms with Gasteiger partial charge in [-0.15, -0.1) is 0 Å². The Morgan fingerprint density at radius 1 is 1.46 bits per heavy atom. The number of hydrogen-bond donors (Lipinski definition) is 2. The van der Waals surface area contributed by atoms with E-state index >= 15 is 0 Å². The van der Waals surface area contributed by atoms with Crippen molar-refractivity contribution in [3.8, 4) is 0 Å². The number of fused-ring (bicyclic) bond motifs is 1. The van der Waals surface area contributed by atoms with Gasteiger partial charge in [-0.25, -0.2) is 19.3 Å². The molecule has 0 saturated carbocycles. The molecule has 2 aromatic rings. The largest absolute Gasteiger partial charge is 0.361 e. The van der Waals surface area contributed by atoms with E-state index in [0.29, 0.717) is 17.0 Å². The lowest BCUT2D eigenvalue weighted by Crippen LogP contribution is -2.17. The second-order valence-electron chi connectivity index (χ2n) is 5.60. The van der Waals surface area contributed by atoms with Gasteiger partial charge >= 0.3 is 6.72 Å². The Morgan fingerprint density at radius 3 is 2.88 bits per heavy atom. The molecule has 1 saturated heterocycles. The maximum Gasteiger partial charge on any atom is 0.321 e. The highest BCUT2D eigenvalue weighted by Gasteiger charge is 2.38. The summed E-state index contributed by atoms with van der Waals surface area (Å²) in [7, 11) is 3.65. The second kappa shape index (κ2) is 6.58. The van der Waals surface area contributed by atoms with Gasteiger partial charge in [0, 0.05) is 20.5 Å². The van der Waals surface area contributed by atoms with Gasteiger partial charge in [0.1, 0.15) is 12.5 Å². The van der Waals surface area contributed by atoms with E-state index < -0.39 is 25.2 Å². The second-order valence-corrected chi connectivity index (χ2v) is 8.27. The monoisotopic (exact) mass is 377 g/mol. The zero-order valence-electron chi connectivity index (χ0n) is 13.0. The summed E-state index contributed by atoms with van der Waals surface area (Å²) >= 11 is 4.37. The molecule has 3 atom stereocenters. The molecule has 3 rings (SSSR count). The Balaban J connectivity index is 1.83. The SMILES string of the molecule is CN(C)c1ncnc2c1ncn2[C@H]1O[C@H](COP(O)(O)=S)C[C@@H]1F. The lowest BCUT2D eigenvalue weighted by molar-refractivity contribution is -0.0327. The van der Waals surface area contributed by atoms with Gasteiger partial charge in [0.2, 0.25) is 0 Å². The molecule has 0 amide bonds. The summed E-state index contributed by atoms with van der Waals surface area (Å²) in [6.07, 6.45) is -0.000694. The van der Waals surface area contributed by atoms with Crippen molar-refractivity contribution in [1.82, 2.24) is 19.5 Å². The highest BCUT2D eigenvalue weighted by atomic mass is 32.5. The summed E-state index contributed by atoms with van der Waals surface area (Å²) in [6, 6.07) is 0. The molecule has 12 heteroatoms. The summed E-state index contributed by atoms with van der Waals surface area (Å²) in [5.74, 6) is 0.619. The number of ether oxygens (including phenoxy) is 1. The number of hydrogen-bond acceptors (Lipinski definition) is 7. The molecule has 0 radical (unpaired) electrons. The Bertz CT molecular complexity index is 784. The molecular formula is C12H17FN5O4PS. The third kappa shape index (κ3) is 3.56. The minimum atomic E-state index is -3.79. The van der Waals surface area contributed by atoms with Crippen molar-refractivity contribution >= 4 is 35.5 Å². The normalized spacial score (nSPS) is 24.6. The van der Waals surface area contributed by atoms with Gasteiger partial charge in [-0.1, -0.05) is 0 Å². The van der Waals surface area contributed by atoms with Crippen molar-refractivity contribution in [3.63, 3.8) is 0 Å². The van der Waals surface area contributed by atoms with E-state index in [1.807, 2.05) is 14.1 Å². The van der Waals surface area contributed by atoms with Crippen LogP contribution in [0.5, 0.6) is 0 Å². The lowest BCUT2D eigenvalue weighted by atomic mass is 10.2. The average molecular weight is 377 g/mol. The topological polar surface area (TPSA) is 106 Å². The molecule has 24 heavy (non-hydrogen) atoms. The Morgan fingerprint density at radius 2 is 2.21 bits per heavy atom. The fraction of sp³-hybridized carbons (Fsp3) is 0.583. The van der Waals surface area contributed by atoms with Crippen molar-refractivity contribution in [2.24, 2.45) is 0 Å². The van der Waals surface area contributed by atoms with Crippen LogP contribution in [-0.4, -0.2) is 62.3 Å². The molecule has 1 fully saturated rings. The first kappa shape index (κ1) is 17.6. The van der Waals surface area contributed by atoms with Gasteiger partial charge in [-0.2, -0.15) is 0 Å². The quantitative estimate of drug-likeness (QED) is 0.730. The molecule has 0 bridgehead atoms. The van der Waals surface area contributed by atoms with Crippen molar-refractivity contribution in [2.75, 3.05) is 25.6 Å². The molecule has 3 heterocycles. The molecule has 0 spiro atoms. The Labute approximate surface area is 142 Å². The molecule has 1 aliphatic heterocycles. The van der Waals surface area contributed by atoms with Crippen LogP contribution in [0.4, 0.5) is 10.2 Å². The van der Waals surface area contributed by atoms with E-state index in [1.165, 1.54) is 17.2 Å². The van der Waals surface area contributed by atoms with Crippen LogP contribution in [0, 0.1) is 0 Å². The molecule has 0 aliphatic carbocycles. The molecule has 2 N–H and O–H groups in total. The highest BCUT2D eigenvalue weighted by molar-refractivity contribution is 8.06. The number of rotatable bonds is 5. The van der Waals surface area contributed by atoms with Crippen LogP contribution in [0.15, 0.2) is 12.7 Å². The van der Waals surface area contributed by atoms with Crippen LogP contribution < -0.4 is 4.90 Å². The molecule has 132 valence electrons. The molecule has 9 nitrogen and oxygen atoms in total. The zero-order valence-corrected chi connectivity index (χ0v) is 14.7. The number of anilines is 1. The van der Waals surface area contributed by atoms with Crippen molar-refractivity contribution < 1.29 is 23.4 Å². The van der Waals surface area contributed by atoms with E-state index in [2.05, 4.69) is 26.8 Å². The van der Waals surface area contributed by atoms with E-state index in [1.54, 1.807) is 4.90 Å². The van der Waals surface area contributed by atoms with Crippen LogP contribution in [0.25, 0.3) is 11.2 Å². The van der Waals surface area contributed by atoms with Crippen molar-refractivity contribution in [2.45, 2.75) is 24.9 Å². The predicted octanol–water partition coefficient (Wildman–Crippen LogP) is 0.744. The van der Waals surface area contributed by atoms with Crippen LogP contribution in [0.3, 0.4) is 0 Å². The van der Waals surface area contributed by atoms with Gasteiger partial charge in [0.05, 0.1) is 19.0 Å². The summed E-state index contributed by atoms with van der Waals surface area (Å²) in [5.41, 5.74) is 0.997. The van der Waals surface area contributed by atoms with Crippen LogP contribution in [-0.2, 0) is 21.1 Å². The van der Waals surface area contributed by atoms with E-state index in [-0.39, 0.29) is 13.0 Å². The molecular weight excluding hydrogens is 360 g/mol. The Hall–Kier alpha value is -1.23. The van der Waals surface area contributed by atoms with Gasteiger partial charge in [-0.3, -0.25) is 4.57 Å². The van der Waals surface area contributed by atoms with Crippen LogP contribution in [0.2, 0.25) is 0 Å². The third-order valence-corrected chi connectivity index (χ3v) is 4.40. The summed E-state index contributed by atoms with van der Waals surface area (Å²) < 4.78 is 26.3. The molecule has 1 aliphatic rings. The van der Waals surface area contributed by atoms with Gasteiger partial charge in [0.15, 0.2) is 23.2 Å². The van der Waals surface area contributed by atoms with Gasteiger partial charge in [0.25, 0.3) is 0 Å². The van der Waals surface area contributed by atoms with E-state index in [9.17, 15) is 4.39 Å². The van der Waals surface area contributed by atoms with Crippen molar-refractivity contribution in [1.29, 1.82) is 0 Å². The van der Waals surface area contributed by atoms with Gasteiger partial charge in [-0.05, 0) is 11.8 Å². The van der Waals surface area contributed by atoms with E-state index in [4.69, 9.17) is 19.0 Å². The first-order valence-electron chi connectivity index (χ1n) is 7.10. The number of alkyl halides is 1. The number of aromatic nitrogens is 4. The maximum absolute atomic E-state index is 14.4. The minimum Gasteiger partial charge on any atom is -0.361 e. The maximum atomic E-state index is 14.4. The lowest BCUT2D eigenvalue weighted by Gasteiger charge is -2.17. The predicted molar refractivity (Wildman–Crippen MR) is 87.7 cm³/mol. The number of halogens is 1.